The van der Waals surface area contributed by atoms with E-state index in [0.717, 1.165) is 11.1 Å². The number of carbonyl (C=O) groups excluding carboxylic acids is 2. The lowest BCUT2D eigenvalue weighted by Gasteiger charge is -2.62. The van der Waals surface area contributed by atoms with Gasteiger partial charge >= 0.3 is 0 Å². The van der Waals surface area contributed by atoms with Crippen molar-refractivity contribution in [3.63, 3.8) is 0 Å². The van der Waals surface area contributed by atoms with Crippen LogP contribution in [-0.2, 0) is 4.79 Å². The van der Waals surface area contributed by atoms with E-state index in [9.17, 15) is 30.0 Å². The molecule has 3 aliphatic rings. The molecule has 0 aliphatic heterocycles. The van der Waals surface area contributed by atoms with Crippen molar-refractivity contribution in [1.29, 1.82) is 0 Å². The third-order valence-electron chi connectivity index (χ3n) is 9.66. The maximum atomic E-state index is 14.2. The van der Waals surface area contributed by atoms with Crippen molar-refractivity contribution in [3.8, 4) is 16.9 Å². The first kappa shape index (κ1) is 26.1. The molecule has 0 unspecified atom stereocenters. The second-order valence-corrected chi connectivity index (χ2v) is 11.7. The van der Waals surface area contributed by atoms with Crippen molar-refractivity contribution in [2.24, 2.45) is 10.8 Å². The largest absolute Gasteiger partial charge is 0.508 e. The van der Waals surface area contributed by atoms with Crippen LogP contribution in [0.1, 0.15) is 68.4 Å². The van der Waals surface area contributed by atoms with E-state index in [1.807, 2.05) is 38.1 Å². The molecule has 198 valence electrons. The SMILES string of the molecule is C=C1C(C(C)=O)=C(C)C[C@@]2(C)[C@H](O)[C@]3(C)C(=C(O)[C@@]12O)C(=O)c1c(ccc(-c2ccc(C)cc2)c1O)[C@H]3C. The van der Waals surface area contributed by atoms with Gasteiger partial charge in [-0.2, -0.15) is 0 Å². The summed E-state index contributed by atoms with van der Waals surface area (Å²) >= 11 is 0. The number of aliphatic hydroxyl groups excluding tert-OH is 2. The molecule has 0 saturated carbocycles. The number of fused-ring (bicyclic) bond motifs is 3. The molecule has 5 atom stereocenters. The molecule has 0 saturated heterocycles. The Morgan fingerprint density at radius 1 is 1.05 bits per heavy atom. The molecule has 6 nitrogen and oxygen atoms in total. The van der Waals surface area contributed by atoms with Crippen LogP contribution in [0.25, 0.3) is 11.1 Å². The number of phenolic OH excluding ortho intramolecular Hbond substituents is 1. The van der Waals surface area contributed by atoms with E-state index < -0.39 is 40.0 Å². The molecule has 0 aromatic heterocycles. The Balaban J connectivity index is 1.80. The Morgan fingerprint density at radius 3 is 2.24 bits per heavy atom. The summed E-state index contributed by atoms with van der Waals surface area (Å²) in [5.74, 6) is -2.33. The van der Waals surface area contributed by atoms with Gasteiger partial charge in [-0.15, -0.1) is 0 Å². The van der Waals surface area contributed by atoms with E-state index in [1.165, 1.54) is 6.92 Å². The number of hydrogen-bond donors (Lipinski definition) is 4. The first-order chi connectivity index (χ1) is 17.6. The maximum absolute atomic E-state index is 14.2. The number of aromatic hydroxyl groups is 1. The summed E-state index contributed by atoms with van der Waals surface area (Å²) in [7, 11) is 0. The highest BCUT2D eigenvalue weighted by atomic mass is 16.3. The molecular formula is C32H34O6. The summed E-state index contributed by atoms with van der Waals surface area (Å²) in [6.45, 7) is 14.3. The van der Waals surface area contributed by atoms with E-state index in [4.69, 9.17) is 0 Å². The summed E-state index contributed by atoms with van der Waals surface area (Å²) in [4.78, 5) is 26.7. The summed E-state index contributed by atoms with van der Waals surface area (Å²) in [6, 6.07) is 11.1. The molecule has 0 fully saturated rings. The molecule has 4 N–H and O–H groups in total. The molecule has 2 aromatic carbocycles. The van der Waals surface area contributed by atoms with Gasteiger partial charge in [-0.1, -0.05) is 74.9 Å². The van der Waals surface area contributed by atoms with Crippen LogP contribution in [0, 0.1) is 17.8 Å². The van der Waals surface area contributed by atoms with Gasteiger partial charge in [0.1, 0.15) is 11.5 Å². The van der Waals surface area contributed by atoms with Gasteiger partial charge in [-0.3, -0.25) is 9.59 Å². The van der Waals surface area contributed by atoms with Crippen molar-refractivity contribution in [1.82, 2.24) is 0 Å². The lowest BCUT2D eigenvalue weighted by atomic mass is 9.44. The van der Waals surface area contributed by atoms with Gasteiger partial charge < -0.3 is 20.4 Å². The summed E-state index contributed by atoms with van der Waals surface area (Å²) in [5, 5.41) is 47.4. The normalized spacial score (nSPS) is 32.6. The molecule has 0 spiro atoms. The molecule has 2 aromatic rings. The van der Waals surface area contributed by atoms with Gasteiger partial charge in [0.2, 0.25) is 0 Å². The molecular weight excluding hydrogens is 480 g/mol. The van der Waals surface area contributed by atoms with Gasteiger partial charge in [0, 0.05) is 22.0 Å². The van der Waals surface area contributed by atoms with E-state index >= 15 is 0 Å². The quantitative estimate of drug-likeness (QED) is 0.423. The molecule has 3 aliphatic carbocycles. The number of benzene rings is 2. The van der Waals surface area contributed by atoms with E-state index in [-0.39, 0.29) is 40.2 Å². The van der Waals surface area contributed by atoms with Crippen molar-refractivity contribution >= 4 is 11.6 Å². The number of ketones is 2. The van der Waals surface area contributed by atoms with E-state index in [0.29, 0.717) is 16.7 Å². The second-order valence-electron chi connectivity index (χ2n) is 11.7. The molecule has 38 heavy (non-hydrogen) atoms. The zero-order valence-electron chi connectivity index (χ0n) is 22.6. The molecule has 0 bridgehead atoms. The monoisotopic (exact) mass is 514 g/mol. The highest BCUT2D eigenvalue weighted by molar-refractivity contribution is 6.16. The first-order valence-electron chi connectivity index (χ1n) is 12.9. The van der Waals surface area contributed by atoms with Gasteiger partial charge in [0.15, 0.2) is 17.2 Å². The number of hydrogen-bond acceptors (Lipinski definition) is 6. The number of carbonyl (C=O) groups is 2. The Kier molecular flexibility index (Phi) is 5.51. The lowest BCUT2D eigenvalue weighted by Crippen LogP contribution is -2.68. The van der Waals surface area contributed by atoms with Crippen molar-refractivity contribution < 1.29 is 30.0 Å². The van der Waals surface area contributed by atoms with Crippen LogP contribution < -0.4 is 0 Å². The number of Topliss-reactive ketones (excluding diaryl/α,β-unsaturated/α-hetero) is 2. The summed E-state index contributed by atoms with van der Waals surface area (Å²) in [5.41, 5.74) is -1.41. The fourth-order valence-electron chi connectivity index (χ4n) is 7.43. The smallest absolute Gasteiger partial charge is 0.197 e. The number of allylic oxidation sites excluding steroid dienone is 1. The van der Waals surface area contributed by atoms with Gasteiger partial charge in [0.05, 0.1) is 17.2 Å². The summed E-state index contributed by atoms with van der Waals surface area (Å²) in [6.07, 6.45) is -1.17. The van der Waals surface area contributed by atoms with E-state index in [2.05, 4.69) is 6.58 Å². The highest BCUT2D eigenvalue weighted by Gasteiger charge is 2.70. The van der Waals surface area contributed by atoms with Crippen LogP contribution in [0.2, 0.25) is 0 Å². The number of aryl methyl sites for hydroxylation is 1. The Hall–Kier alpha value is -3.48. The first-order valence-corrected chi connectivity index (χ1v) is 12.9. The molecule has 0 heterocycles. The fourth-order valence-corrected chi connectivity index (χ4v) is 7.43. The highest BCUT2D eigenvalue weighted by Crippen LogP contribution is 2.67. The standard InChI is InChI=1S/C32H34O6/c1-15-8-10-20(11-9-15)22-13-12-21-17(3)31(7)25(27(35)24(21)26(22)34)28(36)32(38)18(4)23(19(5)33)16(2)14-30(32,6)29(31)37/h8-13,17,29,34,36-38H,4,14H2,1-3,5-7H3/t17-,29+,30+,31+,32+/m1/s1. The van der Waals surface area contributed by atoms with Crippen molar-refractivity contribution in [3.05, 3.63) is 87.7 Å². The second kappa shape index (κ2) is 8.01. The molecule has 5 rings (SSSR count). The number of phenols is 1. The minimum Gasteiger partial charge on any atom is -0.508 e. The molecule has 0 amide bonds. The lowest BCUT2D eigenvalue weighted by molar-refractivity contribution is -0.165. The number of aliphatic hydroxyl groups is 3. The van der Waals surface area contributed by atoms with E-state index in [1.54, 1.807) is 32.9 Å². The van der Waals surface area contributed by atoms with Crippen LogP contribution >= 0.6 is 0 Å². The Morgan fingerprint density at radius 2 is 1.66 bits per heavy atom. The maximum Gasteiger partial charge on any atom is 0.197 e. The Labute approximate surface area is 222 Å². The fraction of sp³-hybridized carbons (Fsp3) is 0.375. The van der Waals surface area contributed by atoms with Crippen LogP contribution in [0.5, 0.6) is 5.75 Å². The minimum atomic E-state index is -2.25. The van der Waals surface area contributed by atoms with Crippen LogP contribution in [0.15, 0.2) is 71.0 Å². The van der Waals surface area contributed by atoms with Gasteiger partial charge in [-0.05, 0) is 49.8 Å². The minimum absolute atomic E-state index is 0.0359. The zero-order valence-corrected chi connectivity index (χ0v) is 22.6. The Bertz CT molecular complexity index is 1510. The topological polar surface area (TPSA) is 115 Å². The average molecular weight is 515 g/mol. The molecule has 0 radical (unpaired) electrons. The van der Waals surface area contributed by atoms with Gasteiger partial charge in [-0.25, -0.2) is 0 Å². The third kappa shape index (κ3) is 2.90. The van der Waals surface area contributed by atoms with Crippen LogP contribution in [0.3, 0.4) is 0 Å². The predicted molar refractivity (Wildman–Crippen MR) is 145 cm³/mol. The zero-order chi connectivity index (χ0) is 28.1. The molecule has 6 heteroatoms. The van der Waals surface area contributed by atoms with Crippen LogP contribution in [0.4, 0.5) is 0 Å². The average Bonchev–Trinajstić information content (AvgIpc) is 2.85. The predicted octanol–water partition coefficient (Wildman–Crippen LogP) is 5.46. The van der Waals surface area contributed by atoms with Crippen LogP contribution in [-0.4, -0.2) is 43.7 Å². The van der Waals surface area contributed by atoms with Crippen molar-refractivity contribution in [2.75, 3.05) is 0 Å². The number of rotatable bonds is 2. The van der Waals surface area contributed by atoms with Gasteiger partial charge in [0.25, 0.3) is 0 Å². The summed E-state index contributed by atoms with van der Waals surface area (Å²) < 4.78 is 0. The third-order valence-corrected chi connectivity index (χ3v) is 9.66. The van der Waals surface area contributed by atoms with Crippen molar-refractivity contribution in [2.45, 2.75) is 65.6 Å².